The van der Waals surface area contributed by atoms with Gasteiger partial charge < -0.3 is 9.84 Å². The van der Waals surface area contributed by atoms with Gasteiger partial charge in [0.25, 0.3) is 0 Å². The van der Waals surface area contributed by atoms with Gasteiger partial charge in [-0.15, -0.1) is 0 Å². The molecule has 1 aliphatic heterocycles. The van der Waals surface area contributed by atoms with Gasteiger partial charge in [-0.3, -0.25) is 0 Å². The van der Waals surface area contributed by atoms with E-state index in [1.54, 1.807) is 0 Å². The Kier molecular flexibility index (Phi) is 5.40. The summed E-state index contributed by atoms with van der Waals surface area (Å²) in [5.41, 5.74) is 0. The summed E-state index contributed by atoms with van der Waals surface area (Å²) in [6, 6.07) is 0. The van der Waals surface area contributed by atoms with Crippen molar-refractivity contribution in [1.82, 2.24) is 0 Å². The van der Waals surface area contributed by atoms with E-state index in [2.05, 4.69) is 6.92 Å². The van der Waals surface area contributed by atoms with E-state index in [0.29, 0.717) is 6.10 Å². The van der Waals surface area contributed by atoms with Gasteiger partial charge in [-0.1, -0.05) is 19.8 Å². The molecule has 13 heavy (non-hydrogen) atoms. The first-order valence-electron chi connectivity index (χ1n) is 5.62. The SMILES string of the molecule is CCCCC(O)CC1CCCCO1. The maximum absolute atomic E-state index is 9.65. The minimum atomic E-state index is -0.136. The van der Waals surface area contributed by atoms with E-state index in [4.69, 9.17) is 4.74 Å². The van der Waals surface area contributed by atoms with Crippen molar-refractivity contribution >= 4 is 0 Å². The molecule has 78 valence electrons. The first kappa shape index (κ1) is 11.0. The lowest BCUT2D eigenvalue weighted by atomic mass is 10.0. The van der Waals surface area contributed by atoms with Crippen molar-refractivity contribution < 1.29 is 9.84 Å². The van der Waals surface area contributed by atoms with Gasteiger partial charge >= 0.3 is 0 Å². The van der Waals surface area contributed by atoms with E-state index in [9.17, 15) is 5.11 Å². The number of ether oxygens (including phenoxy) is 1. The number of hydrogen-bond donors (Lipinski definition) is 1. The molecule has 0 spiro atoms. The maximum atomic E-state index is 9.65. The molecular weight excluding hydrogens is 164 g/mol. The zero-order valence-electron chi connectivity index (χ0n) is 8.67. The summed E-state index contributed by atoms with van der Waals surface area (Å²) >= 11 is 0. The maximum Gasteiger partial charge on any atom is 0.0599 e. The van der Waals surface area contributed by atoms with Crippen molar-refractivity contribution in [3.63, 3.8) is 0 Å². The summed E-state index contributed by atoms with van der Waals surface area (Å²) in [6.45, 7) is 3.05. The minimum Gasteiger partial charge on any atom is -0.393 e. The average molecular weight is 186 g/mol. The lowest BCUT2D eigenvalue weighted by Gasteiger charge is -2.24. The first-order chi connectivity index (χ1) is 6.33. The molecule has 0 saturated carbocycles. The van der Waals surface area contributed by atoms with Crippen LogP contribution >= 0.6 is 0 Å². The van der Waals surface area contributed by atoms with Gasteiger partial charge in [0, 0.05) is 6.61 Å². The molecule has 1 N–H and O–H groups in total. The molecule has 0 aliphatic carbocycles. The largest absolute Gasteiger partial charge is 0.393 e. The summed E-state index contributed by atoms with van der Waals surface area (Å²) in [4.78, 5) is 0. The molecule has 0 radical (unpaired) electrons. The van der Waals surface area contributed by atoms with Gasteiger partial charge in [0.2, 0.25) is 0 Å². The standard InChI is InChI=1S/C11H22O2/c1-2-3-6-10(12)9-11-7-4-5-8-13-11/h10-12H,2-9H2,1H3. The lowest BCUT2D eigenvalue weighted by molar-refractivity contribution is -0.0166. The van der Waals surface area contributed by atoms with Gasteiger partial charge in [-0.05, 0) is 32.1 Å². The fraction of sp³-hybridized carbons (Fsp3) is 1.00. The molecule has 2 atom stereocenters. The van der Waals surface area contributed by atoms with E-state index in [1.165, 1.54) is 19.3 Å². The number of unbranched alkanes of at least 4 members (excludes halogenated alkanes) is 1. The summed E-state index contributed by atoms with van der Waals surface area (Å²) < 4.78 is 5.57. The van der Waals surface area contributed by atoms with Crippen LogP contribution in [0.15, 0.2) is 0 Å². The van der Waals surface area contributed by atoms with Crippen molar-refractivity contribution in [1.29, 1.82) is 0 Å². The highest BCUT2D eigenvalue weighted by Gasteiger charge is 2.17. The average Bonchev–Trinajstić information content (AvgIpc) is 2.16. The smallest absolute Gasteiger partial charge is 0.0599 e. The lowest BCUT2D eigenvalue weighted by Crippen LogP contribution is -2.24. The third kappa shape index (κ3) is 4.63. The molecule has 0 aromatic rings. The van der Waals surface area contributed by atoms with E-state index in [1.807, 2.05) is 0 Å². The van der Waals surface area contributed by atoms with Gasteiger partial charge in [0.15, 0.2) is 0 Å². The molecule has 2 unspecified atom stereocenters. The fourth-order valence-electron chi connectivity index (χ4n) is 1.85. The van der Waals surface area contributed by atoms with E-state index >= 15 is 0 Å². The molecule has 0 aromatic heterocycles. The number of aliphatic hydroxyl groups excluding tert-OH is 1. The van der Waals surface area contributed by atoms with Crippen LogP contribution in [0.1, 0.15) is 51.9 Å². The highest BCUT2D eigenvalue weighted by atomic mass is 16.5. The molecule has 0 bridgehead atoms. The van der Waals surface area contributed by atoms with Gasteiger partial charge in [0.05, 0.1) is 12.2 Å². The van der Waals surface area contributed by atoms with Crippen molar-refractivity contribution in [2.45, 2.75) is 64.1 Å². The van der Waals surface area contributed by atoms with Gasteiger partial charge in [0.1, 0.15) is 0 Å². The summed E-state index contributed by atoms with van der Waals surface area (Å²) in [7, 11) is 0. The zero-order chi connectivity index (χ0) is 9.52. The van der Waals surface area contributed by atoms with E-state index < -0.39 is 0 Å². The quantitative estimate of drug-likeness (QED) is 0.715. The third-order valence-corrected chi connectivity index (χ3v) is 2.70. The highest BCUT2D eigenvalue weighted by molar-refractivity contribution is 4.68. The summed E-state index contributed by atoms with van der Waals surface area (Å²) in [5.74, 6) is 0. The predicted octanol–water partition coefficient (Wildman–Crippen LogP) is 2.50. The fourth-order valence-corrected chi connectivity index (χ4v) is 1.85. The van der Waals surface area contributed by atoms with Crippen molar-refractivity contribution in [2.24, 2.45) is 0 Å². The summed E-state index contributed by atoms with van der Waals surface area (Å²) in [5, 5.41) is 9.65. The predicted molar refractivity (Wildman–Crippen MR) is 53.7 cm³/mol. The van der Waals surface area contributed by atoms with Crippen LogP contribution in [0.3, 0.4) is 0 Å². The highest BCUT2D eigenvalue weighted by Crippen LogP contribution is 2.18. The Labute approximate surface area is 81.3 Å². The van der Waals surface area contributed by atoms with Gasteiger partial charge in [-0.25, -0.2) is 0 Å². The second kappa shape index (κ2) is 6.39. The Morgan fingerprint density at radius 2 is 2.31 bits per heavy atom. The van der Waals surface area contributed by atoms with E-state index in [0.717, 1.165) is 32.3 Å². The second-order valence-electron chi connectivity index (χ2n) is 4.02. The van der Waals surface area contributed by atoms with Crippen LogP contribution in [-0.4, -0.2) is 23.9 Å². The van der Waals surface area contributed by atoms with Crippen LogP contribution in [0.25, 0.3) is 0 Å². The third-order valence-electron chi connectivity index (χ3n) is 2.70. The molecule has 1 heterocycles. The van der Waals surface area contributed by atoms with Crippen LogP contribution in [0.2, 0.25) is 0 Å². The Bertz CT molecular complexity index is 119. The summed E-state index contributed by atoms with van der Waals surface area (Å²) in [6.07, 6.45) is 7.89. The molecule has 1 saturated heterocycles. The van der Waals surface area contributed by atoms with Crippen molar-refractivity contribution in [2.75, 3.05) is 6.61 Å². The van der Waals surface area contributed by atoms with Crippen molar-refractivity contribution in [3.8, 4) is 0 Å². The molecule has 0 aromatic carbocycles. The Balaban J connectivity index is 2.07. The number of aliphatic hydroxyl groups is 1. The molecule has 2 nitrogen and oxygen atoms in total. The minimum absolute atomic E-state index is 0.136. The van der Waals surface area contributed by atoms with Crippen LogP contribution in [0.4, 0.5) is 0 Å². The van der Waals surface area contributed by atoms with Gasteiger partial charge in [-0.2, -0.15) is 0 Å². The number of hydrogen-bond acceptors (Lipinski definition) is 2. The monoisotopic (exact) mass is 186 g/mol. The normalized spacial score (nSPS) is 25.8. The van der Waals surface area contributed by atoms with Crippen LogP contribution in [-0.2, 0) is 4.74 Å². The van der Waals surface area contributed by atoms with Crippen LogP contribution < -0.4 is 0 Å². The topological polar surface area (TPSA) is 29.5 Å². The second-order valence-corrected chi connectivity index (χ2v) is 4.02. The zero-order valence-corrected chi connectivity index (χ0v) is 8.67. The Hall–Kier alpha value is -0.0800. The Morgan fingerprint density at radius 3 is 2.92 bits per heavy atom. The Morgan fingerprint density at radius 1 is 1.46 bits per heavy atom. The molecule has 0 amide bonds. The molecule has 1 rings (SSSR count). The van der Waals surface area contributed by atoms with Crippen LogP contribution in [0.5, 0.6) is 0 Å². The molecule has 2 heteroatoms. The van der Waals surface area contributed by atoms with E-state index in [-0.39, 0.29) is 6.10 Å². The van der Waals surface area contributed by atoms with Crippen LogP contribution in [0, 0.1) is 0 Å². The van der Waals surface area contributed by atoms with Crippen molar-refractivity contribution in [3.05, 3.63) is 0 Å². The molecule has 1 fully saturated rings. The number of rotatable bonds is 5. The molecule has 1 aliphatic rings. The molecular formula is C11H22O2. The first-order valence-corrected chi connectivity index (χ1v) is 5.62.